The smallest absolute Gasteiger partial charge is 0.255 e. The maximum absolute atomic E-state index is 12.0. The van der Waals surface area contributed by atoms with Crippen molar-refractivity contribution < 1.29 is 9.53 Å². The summed E-state index contributed by atoms with van der Waals surface area (Å²) in [6, 6.07) is 6.60. The van der Waals surface area contributed by atoms with E-state index in [1.165, 1.54) is 41.7 Å². The maximum atomic E-state index is 12.0. The van der Waals surface area contributed by atoms with Crippen molar-refractivity contribution in [1.29, 1.82) is 0 Å². The van der Waals surface area contributed by atoms with Gasteiger partial charge in [0.1, 0.15) is 6.10 Å². The Hall–Kier alpha value is -1.72. The minimum Gasteiger partial charge on any atom is -0.372 e. The number of anilines is 1. The summed E-state index contributed by atoms with van der Waals surface area (Å²) >= 11 is 1.45. The number of carbonyl (C=O) groups excluding carboxylic acids is 1. The molecule has 0 bridgehead atoms. The van der Waals surface area contributed by atoms with Crippen LogP contribution in [0.1, 0.15) is 37.3 Å². The van der Waals surface area contributed by atoms with E-state index in [0.717, 1.165) is 17.7 Å². The number of hydrogen-bond acceptors (Lipinski definition) is 4. The van der Waals surface area contributed by atoms with E-state index >= 15 is 0 Å². The second-order valence-electron chi connectivity index (χ2n) is 5.85. The van der Waals surface area contributed by atoms with Crippen molar-refractivity contribution in [2.75, 3.05) is 12.4 Å². The van der Waals surface area contributed by atoms with Gasteiger partial charge in [-0.25, -0.2) is 4.98 Å². The monoisotopic (exact) mass is 330 g/mol. The van der Waals surface area contributed by atoms with Gasteiger partial charge in [0.05, 0.1) is 5.69 Å². The summed E-state index contributed by atoms with van der Waals surface area (Å²) in [5, 5.41) is 5.46. The van der Waals surface area contributed by atoms with E-state index in [0.29, 0.717) is 11.6 Å². The van der Waals surface area contributed by atoms with Gasteiger partial charge in [0.25, 0.3) is 5.91 Å². The normalized spacial score (nSPS) is 15.0. The lowest BCUT2D eigenvalue weighted by Crippen LogP contribution is -2.28. The maximum Gasteiger partial charge on any atom is 0.255 e. The number of thiazole rings is 1. The fourth-order valence-corrected chi connectivity index (χ4v) is 3.72. The van der Waals surface area contributed by atoms with Gasteiger partial charge in [0.2, 0.25) is 0 Å². The molecule has 1 aliphatic rings. The van der Waals surface area contributed by atoms with E-state index in [2.05, 4.69) is 28.5 Å². The summed E-state index contributed by atoms with van der Waals surface area (Å²) in [4.78, 5) is 16.6. The highest BCUT2D eigenvalue weighted by atomic mass is 32.1. The van der Waals surface area contributed by atoms with Crippen molar-refractivity contribution in [1.82, 2.24) is 4.98 Å². The summed E-state index contributed by atoms with van der Waals surface area (Å²) in [6.07, 6.45) is 5.12. The van der Waals surface area contributed by atoms with Crippen molar-refractivity contribution in [3.63, 3.8) is 0 Å². The van der Waals surface area contributed by atoms with Crippen LogP contribution in [0.2, 0.25) is 0 Å². The molecule has 23 heavy (non-hydrogen) atoms. The molecule has 1 unspecified atom stereocenters. The summed E-state index contributed by atoms with van der Waals surface area (Å²) < 4.78 is 5.15. The Kier molecular flexibility index (Phi) is 5.08. The third kappa shape index (κ3) is 3.62. The van der Waals surface area contributed by atoms with Crippen LogP contribution >= 0.6 is 11.3 Å². The van der Waals surface area contributed by atoms with Crippen molar-refractivity contribution in [3.05, 3.63) is 34.7 Å². The van der Waals surface area contributed by atoms with Crippen LogP contribution in [0, 0.1) is 0 Å². The molecule has 0 radical (unpaired) electrons. The quantitative estimate of drug-likeness (QED) is 0.899. The minimum atomic E-state index is -0.425. The lowest BCUT2D eigenvalue weighted by atomic mass is 9.90. The van der Waals surface area contributed by atoms with Gasteiger partial charge in [0.15, 0.2) is 5.13 Å². The number of aryl methyl sites for hydroxylation is 2. The van der Waals surface area contributed by atoms with Gasteiger partial charge in [-0.2, -0.15) is 0 Å². The molecule has 0 saturated carbocycles. The van der Waals surface area contributed by atoms with Crippen LogP contribution < -0.4 is 5.32 Å². The van der Waals surface area contributed by atoms with Gasteiger partial charge < -0.3 is 4.74 Å². The van der Waals surface area contributed by atoms with Gasteiger partial charge in [0, 0.05) is 18.1 Å². The third-order valence-corrected chi connectivity index (χ3v) is 5.08. The van der Waals surface area contributed by atoms with Crippen LogP contribution in [-0.4, -0.2) is 24.1 Å². The molecule has 1 aromatic carbocycles. The van der Waals surface area contributed by atoms with Gasteiger partial charge in [-0.05, 0) is 49.3 Å². The molecule has 1 aliphatic carbocycles. The van der Waals surface area contributed by atoms with Gasteiger partial charge in [-0.3, -0.25) is 10.1 Å². The number of fused-ring (bicyclic) bond motifs is 1. The number of benzene rings is 1. The fourth-order valence-electron chi connectivity index (χ4n) is 3.00. The number of nitrogens with zero attached hydrogens (tertiary/aromatic N) is 1. The highest BCUT2D eigenvalue weighted by molar-refractivity contribution is 7.14. The Morgan fingerprint density at radius 1 is 1.35 bits per heavy atom. The Morgan fingerprint density at radius 3 is 2.87 bits per heavy atom. The Morgan fingerprint density at radius 2 is 2.13 bits per heavy atom. The molecule has 1 amide bonds. The predicted molar refractivity (Wildman–Crippen MR) is 93.9 cm³/mol. The second kappa shape index (κ2) is 7.23. The molecule has 1 aromatic heterocycles. The lowest BCUT2D eigenvalue weighted by Gasteiger charge is -2.16. The first-order valence-corrected chi connectivity index (χ1v) is 9.00. The van der Waals surface area contributed by atoms with Crippen LogP contribution in [-0.2, 0) is 22.4 Å². The summed E-state index contributed by atoms with van der Waals surface area (Å²) in [5.41, 5.74) is 4.96. The first-order valence-electron chi connectivity index (χ1n) is 8.12. The number of amides is 1. The molecule has 1 atom stereocenters. The molecule has 0 aliphatic heterocycles. The molecule has 1 heterocycles. The molecule has 0 spiro atoms. The Balaban J connectivity index is 1.75. The predicted octanol–water partition coefficient (Wildman–Crippen LogP) is 4.05. The highest BCUT2D eigenvalue weighted by Gasteiger charge is 2.17. The van der Waals surface area contributed by atoms with E-state index in [4.69, 9.17) is 4.74 Å². The second-order valence-corrected chi connectivity index (χ2v) is 6.71. The number of carbonyl (C=O) groups is 1. The largest absolute Gasteiger partial charge is 0.372 e. The lowest BCUT2D eigenvalue weighted by molar-refractivity contribution is -0.125. The van der Waals surface area contributed by atoms with Crippen molar-refractivity contribution in [2.45, 2.75) is 45.1 Å². The van der Waals surface area contributed by atoms with Crippen LogP contribution in [0.15, 0.2) is 23.6 Å². The number of nitrogens with one attached hydrogen (secondary N) is 1. The summed E-state index contributed by atoms with van der Waals surface area (Å²) in [7, 11) is 1.55. The van der Waals surface area contributed by atoms with Gasteiger partial charge >= 0.3 is 0 Å². The first kappa shape index (κ1) is 16.1. The van der Waals surface area contributed by atoms with Crippen LogP contribution in [0.5, 0.6) is 0 Å². The SMILES string of the molecule is CCC(OC)C(=O)Nc1nc(-c2ccc3c(c2)CCCC3)cs1. The summed E-state index contributed by atoms with van der Waals surface area (Å²) in [6.45, 7) is 1.92. The number of rotatable bonds is 5. The van der Waals surface area contributed by atoms with Crippen molar-refractivity contribution in [3.8, 4) is 11.3 Å². The first-order chi connectivity index (χ1) is 11.2. The van der Waals surface area contributed by atoms with E-state index in [9.17, 15) is 4.79 Å². The van der Waals surface area contributed by atoms with Crippen LogP contribution in [0.25, 0.3) is 11.3 Å². The molecule has 0 fully saturated rings. The molecular formula is C18H22N2O2S. The zero-order chi connectivity index (χ0) is 16.2. The van der Waals surface area contributed by atoms with Crippen molar-refractivity contribution >= 4 is 22.4 Å². The molecule has 122 valence electrons. The molecule has 3 rings (SSSR count). The standard InChI is InChI=1S/C18H22N2O2S/c1-3-16(22-2)17(21)20-18-19-15(11-23-18)14-9-8-12-6-4-5-7-13(12)10-14/h8-11,16H,3-7H2,1-2H3,(H,19,20,21). The van der Waals surface area contributed by atoms with E-state index in [1.54, 1.807) is 7.11 Å². The molecule has 2 aromatic rings. The fraction of sp³-hybridized carbons (Fsp3) is 0.444. The van der Waals surface area contributed by atoms with Crippen molar-refractivity contribution in [2.24, 2.45) is 0 Å². The highest BCUT2D eigenvalue weighted by Crippen LogP contribution is 2.29. The Bertz CT molecular complexity index is 692. The zero-order valence-corrected chi connectivity index (χ0v) is 14.4. The zero-order valence-electron chi connectivity index (χ0n) is 13.6. The molecule has 4 nitrogen and oxygen atoms in total. The topological polar surface area (TPSA) is 51.2 Å². The number of methoxy groups -OCH3 is 1. The van der Waals surface area contributed by atoms with E-state index in [-0.39, 0.29) is 5.91 Å². The Labute approximate surface area is 140 Å². The molecule has 1 N–H and O–H groups in total. The average Bonchev–Trinajstić information content (AvgIpc) is 3.04. The minimum absolute atomic E-state index is 0.138. The van der Waals surface area contributed by atoms with Crippen LogP contribution in [0.4, 0.5) is 5.13 Å². The van der Waals surface area contributed by atoms with E-state index < -0.39 is 6.10 Å². The third-order valence-electron chi connectivity index (χ3n) is 4.33. The number of hydrogen-bond donors (Lipinski definition) is 1. The molecular weight excluding hydrogens is 308 g/mol. The molecule has 0 saturated heterocycles. The average molecular weight is 330 g/mol. The van der Waals surface area contributed by atoms with Crippen LogP contribution in [0.3, 0.4) is 0 Å². The molecule has 5 heteroatoms. The number of aromatic nitrogens is 1. The number of ether oxygens (including phenoxy) is 1. The van der Waals surface area contributed by atoms with Gasteiger partial charge in [-0.1, -0.05) is 19.1 Å². The summed E-state index contributed by atoms with van der Waals surface area (Å²) in [5.74, 6) is -0.138. The van der Waals surface area contributed by atoms with E-state index in [1.807, 2.05) is 12.3 Å². The van der Waals surface area contributed by atoms with Gasteiger partial charge in [-0.15, -0.1) is 11.3 Å².